The molecule has 3 rings (SSSR count). The highest BCUT2D eigenvalue weighted by Crippen LogP contribution is 2.48. The van der Waals surface area contributed by atoms with E-state index in [1.165, 1.54) is 24.0 Å². The molecule has 8 nitrogen and oxygen atoms in total. The van der Waals surface area contributed by atoms with Crippen molar-refractivity contribution in [1.29, 1.82) is 0 Å². The first-order valence-corrected chi connectivity index (χ1v) is 11.4. The largest absolute Gasteiger partial charge is 0.489 e. The van der Waals surface area contributed by atoms with E-state index in [-0.39, 0.29) is 18.9 Å². The number of nitrogens with zero attached hydrogens (tertiary/aromatic N) is 1. The molecule has 0 aliphatic carbocycles. The standard InChI is InChI=1S/C24H21N2O6P/c1-3-16-30-23-14-15-24(26(27)28)19(17-23)18-31-21-10-12-22(13-11-21)32-33(29,4-2)25-20-8-6-5-7-9-20/h1,4-15,17H,2,16,18H2,(H,25,29). The molecule has 9 heteroatoms. The predicted octanol–water partition coefficient (Wildman–Crippen LogP) is 6.01. The molecule has 0 heterocycles. The van der Waals surface area contributed by atoms with E-state index >= 15 is 0 Å². The summed E-state index contributed by atoms with van der Waals surface area (Å²) in [5, 5.41) is 14.2. The van der Waals surface area contributed by atoms with Crippen molar-refractivity contribution in [1.82, 2.24) is 0 Å². The second kappa shape index (κ2) is 10.9. The van der Waals surface area contributed by atoms with Gasteiger partial charge in [0.2, 0.25) is 0 Å². The van der Waals surface area contributed by atoms with E-state index in [9.17, 15) is 14.7 Å². The minimum absolute atomic E-state index is 0.0489. The molecule has 1 atom stereocenters. The maximum absolute atomic E-state index is 13.0. The van der Waals surface area contributed by atoms with Gasteiger partial charge >= 0.3 is 7.52 Å². The molecule has 0 saturated carbocycles. The van der Waals surface area contributed by atoms with Crippen LogP contribution in [0.15, 0.2) is 85.2 Å². The molecule has 0 bridgehead atoms. The highest BCUT2D eigenvalue weighted by molar-refractivity contribution is 7.64. The Morgan fingerprint density at radius 3 is 2.33 bits per heavy atom. The first kappa shape index (κ1) is 23.5. The van der Waals surface area contributed by atoms with Crippen LogP contribution < -0.4 is 19.1 Å². The van der Waals surface area contributed by atoms with Gasteiger partial charge in [-0.3, -0.25) is 10.1 Å². The first-order chi connectivity index (χ1) is 15.9. The van der Waals surface area contributed by atoms with Crippen molar-refractivity contribution in [3.8, 4) is 29.6 Å². The Labute approximate surface area is 191 Å². The average Bonchev–Trinajstić information content (AvgIpc) is 2.82. The van der Waals surface area contributed by atoms with Gasteiger partial charge in [-0.15, -0.1) is 6.42 Å². The van der Waals surface area contributed by atoms with Gasteiger partial charge in [-0.2, -0.15) is 0 Å². The summed E-state index contributed by atoms with van der Waals surface area (Å²) in [6.45, 7) is 3.59. The monoisotopic (exact) mass is 464 g/mol. The fourth-order valence-corrected chi connectivity index (χ4v) is 3.94. The van der Waals surface area contributed by atoms with Gasteiger partial charge in [0, 0.05) is 17.6 Å². The van der Waals surface area contributed by atoms with E-state index < -0.39 is 12.4 Å². The summed E-state index contributed by atoms with van der Waals surface area (Å²) in [5.74, 6) is 4.76. The maximum Gasteiger partial charge on any atom is 0.363 e. The summed E-state index contributed by atoms with van der Waals surface area (Å²) >= 11 is 0. The number of ether oxygens (including phenoxy) is 2. The molecule has 0 spiro atoms. The number of hydrogen-bond acceptors (Lipinski definition) is 6. The van der Waals surface area contributed by atoms with Gasteiger partial charge in [-0.25, -0.2) is 4.57 Å². The van der Waals surface area contributed by atoms with Gasteiger partial charge in [-0.1, -0.05) is 30.7 Å². The van der Waals surface area contributed by atoms with Crippen LogP contribution in [0.5, 0.6) is 17.2 Å². The number of anilines is 1. The number of hydrogen-bond donors (Lipinski definition) is 1. The number of para-hydroxylation sites is 1. The highest BCUT2D eigenvalue weighted by atomic mass is 31.2. The molecule has 33 heavy (non-hydrogen) atoms. The summed E-state index contributed by atoms with van der Waals surface area (Å²) in [5.41, 5.74) is 0.871. The lowest BCUT2D eigenvalue weighted by atomic mass is 10.2. The second-order valence-electron chi connectivity index (χ2n) is 6.65. The zero-order valence-corrected chi connectivity index (χ0v) is 18.4. The molecular formula is C24H21N2O6P. The highest BCUT2D eigenvalue weighted by Gasteiger charge is 2.20. The predicted molar refractivity (Wildman–Crippen MR) is 127 cm³/mol. The van der Waals surface area contributed by atoms with Gasteiger partial charge in [0.1, 0.15) is 30.5 Å². The summed E-state index contributed by atoms with van der Waals surface area (Å²) in [6.07, 6.45) is 5.18. The van der Waals surface area contributed by atoms with E-state index in [0.29, 0.717) is 28.5 Å². The smallest absolute Gasteiger partial charge is 0.363 e. The number of nitro benzene ring substituents is 1. The number of rotatable bonds is 11. The van der Waals surface area contributed by atoms with Gasteiger partial charge in [-0.05, 0) is 48.5 Å². The lowest BCUT2D eigenvalue weighted by Crippen LogP contribution is -2.03. The van der Waals surface area contributed by atoms with E-state index in [0.717, 1.165) is 0 Å². The van der Waals surface area contributed by atoms with Crippen molar-refractivity contribution in [2.75, 3.05) is 11.7 Å². The summed E-state index contributed by atoms with van der Waals surface area (Å²) in [7, 11) is -3.38. The quantitative estimate of drug-likeness (QED) is 0.160. The third-order valence-electron chi connectivity index (χ3n) is 4.33. The van der Waals surface area contributed by atoms with Crippen LogP contribution >= 0.6 is 7.52 Å². The van der Waals surface area contributed by atoms with Crippen molar-refractivity contribution in [2.45, 2.75) is 6.61 Å². The van der Waals surface area contributed by atoms with E-state index in [1.807, 2.05) is 18.2 Å². The Bertz CT molecular complexity index is 1210. The third-order valence-corrected chi connectivity index (χ3v) is 5.86. The van der Waals surface area contributed by atoms with Crippen molar-refractivity contribution in [3.63, 3.8) is 0 Å². The Balaban J connectivity index is 1.67. The van der Waals surface area contributed by atoms with Crippen LogP contribution in [0.3, 0.4) is 0 Å². The molecule has 1 N–H and O–H groups in total. The summed E-state index contributed by atoms with van der Waals surface area (Å²) in [4.78, 5) is 10.8. The molecular weight excluding hydrogens is 443 g/mol. The fraction of sp³-hybridized carbons (Fsp3) is 0.0833. The van der Waals surface area contributed by atoms with Gasteiger partial charge in [0.05, 0.1) is 10.5 Å². The Kier molecular flexibility index (Phi) is 7.74. The molecule has 0 aliphatic rings. The number of benzene rings is 3. The number of nitro groups is 1. The molecule has 0 saturated heterocycles. The van der Waals surface area contributed by atoms with Crippen LogP contribution in [0, 0.1) is 22.5 Å². The Hall–Kier alpha value is -4.21. The molecule has 0 amide bonds. The first-order valence-electron chi connectivity index (χ1n) is 9.75. The second-order valence-corrected chi connectivity index (χ2v) is 8.61. The Morgan fingerprint density at radius 2 is 1.70 bits per heavy atom. The van der Waals surface area contributed by atoms with Crippen molar-refractivity contribution in [2.24, 2.45) is 0 Å². The number of terminal acetylenes is 1. The third kappa shape index (κ3) is 6.63. The topological polar surface area (TPSA) is 99.9 Å². The lowest BCUT2D eigenvalue weighted by Gasteiger charge is -2.18. The normalized spacial score (nSPS) is 12.0. The van der Waals surface area contributed by atoms with Crippen LogP contribution in [0.4, 0.5) is 11.4 Å². The molecule has 1 unspecified atom stereocenters. The zero-order valence-electron chi connectivity index (χ0n) is 17.5. The van der Waals surface area contributed by atoms with E-state index in [4.69, 9.17) is 20.4 Å². The van der Waals surface area contributed by atoms with Gasteiger partial charge in [0.15, 0.2) is 0 Å². The minimum atomic E-state index is -3.38. The van der Waals surface area contributed by atoms with Crippen LogP contribution in [-0.2, 0) is 11.2 Å². The molecule has 168 valence electrons. The lowest BCUT2D eigenvalue weighted by molar-refractivity contribution is -0.385. The van der Waals surface area contributed by atoms with Crippen LogP contribution in [0.25, 0.3) is 0 Å². The van der Waals surface area contributed by atoms with Crippen molar-refractivity contribution < 1.29 is 23.5 Å². The van der Waals surface area contributed by atoms with Crippen LogP contribution in [-0.4, -0.2) is 11.5 Å². The summed E-state index contributed by atoms with van der Waals surface area (Å²) < 4.78 is 29.6. The molecule has 3 aromatic rings. The van der Waals surface area contributed by atoms with Gasteiger partial charge < -0.3 is 19.1 Å². The summed E-state index contributed by atoms with van der Waals surface area (Å²) in [6, 6.07) is 19.7. The SMILES string of the molecule is C#CCOc1ccc([N+](=O)[O-])c(COc2ccc(OP(=O)(C=C)Nc3ccccc3)cc2)c1. The molecule has 3 aromatic carbocycles. The van der Waals surface area contributed by atoms with Crippen molar-refractivity contribution in [3.05, 3.63) is 101 Å². The van der Waals surface area contributed by atoms with Gasteiger partial charge in [0.25, 0.3) is 5.69 Å². The Morgan fingerprint density at radius 1 is 1.03 bits per heavy atom. The number of nitrogens with one attached hydrogen (secondary N) is 1. The fourth-order valence-electron chi connectivity index (χ4n) is 2.78. The molecule has 0 aliphatic heterocycles. The van der Waals surface area contributed by atoms with E-state index in [1.54, 1.807) is 36.4 Å². The molecule has 0 aromatic heterocycles. The van der Waals surface area contributed by atoms with Crippen LogP contribution in [0.1, 0.15) is 5.56 Å². The molecule has 0 radical (unpaired) electrons. The maximum atomic E-state index is 13.0. The average molecular weight is 464 g/mol. The van der Waals surface area contributed by atoms with E-state index in [2.05, 4.69) is 17.6 Å². The van der Waals surface area contributed by atoms with Crippen LogP contribution in [0.2, 0.25) is 0 Å². The molecule has 0 fully saturated rings. The zero-order chi connectivity index (χ0) is 23.7. The van der Waals surface area contributed by atoms with Crippen molar-refractivity contribution >= 4 is 18.9 Å². The minimum Gasteiger partial charge on any atom is -0.489 e.